The number of nitrogens with zero attached hydrogens (tertiary/aromatic N) is 3. The lowest BCUT2D eigenvalue weighted by Crippen LogP contribution is -2.43. The summed E-state index contributed by atoms with van der Waals surface area (Å²) in [6.45, 7) is 11.3. The number of nitrogens with one attached hydrogen (secondary N) is 2. The topological polar surface area (TPSA) is 42.9 Å². The van der Waals surface area contributed by atoms with Gasteiger partial charge in [0.15, 0.2) is 5.96 Å². The predicted molar refractivity (Wildman–Crippen MR) is 117 cm³/mol. The summed E-state index contributed by atoms with van der Waals surface area (Å²) in [5.41, 5.74) is 0. The third kappa shape index (κ3) is 10.7. The van der Waals surface area contributed by atoms with Crippen LogP contribution in [0.25, 0.3) is 0 Å². The van der Waals surface area contributed by atoms with Crippen LogP contribution in [0.15, 0.2) is 4.99 Å². The van der Waals surface area contributed by atoms with E-state index in [1.165, 1.54) is 58.2 Å². The number of likely N-dealkylation sites (tertiary alicyclic amines) is 1. The van der Waals surface area contributed by atoms with Gasteiger partial charge in [-0.05, 0) is 52.7 Å². The van der Waals surface area contributed by atoms with Crippen LogP contribution in [0.1, 0.15) is 52.4 Å². The van der Waals surface area contributed by atoms with Gasteiger partial charge in [0.05, 0.1) is 0 Å². The van der Waals surface area contributed by atoms with Gasteiger partial charge in [0.25, 0.3) is 0 Å². The number of hydrogen-bond donors (Lipinski definition) is 2. The summed E-state index contributed by atoms with van der Waals surface area (Å²) in [5.74, 6) is 0.931. The summed E-state index contributed by atoms with van der Waals surface area (Å²) in [6, 6.07) is 0.764. The molecule has 1 atom stereocenters. The molecule has 6 heteroatoms. The Hall–Kier alpha value is -0.0800. The molecule has 1 unspecified atom stereocenters. The number of hydrogen-bond acceptors (Lipinski definition) is 3. The summed E-state index contributed by atoms with van der Waals surface area (Å²) in [5, 5.41) is 6.84. The van der Waals surface area contributed by atoms with Crippen molar-refractivity contribution in [1.82, 2.24) is 20.4 Å². The fourth-order valence-corrected chi connectivity index (χ4v) is 3.10. The van der Waals surface area contributed by atoms with Crippen molar-refractivity contribution in [2.45, 2.75) is 58.4 Å². The minimum atomic E-state index is 0. The molecule has 0 saturated carbocycles. The standard InChI is InChI=1S/C18H39N5.HI/c1-5-6-13-22(4)16-12-21-18(19-3)20-11-9-15-23-14-8-7-10-17(23)2;/h17H,5-16H2,1-4H3,(H2,19,20,21);1H. The van der Waals surface area contributed by atoms with Gasteiger partial charge in [-0.15, -0.1) is 24.0 Å². The van der Waals surface area contributed by atoms with E-state index in [2.05, 4.69) is 46.3 Å². The fraction of sp³-hybridized carbons (Fsp3) is 0.944. The zero-order chi connectivity index (χ0) is 16.9. The molecule has 0 aromatic rings. The molecule has 1 fully saturated rings. The van der Waals surface area contributed by atoms with E-state index < -0.39 is 0 Å². The van der Waals surface area contributed by atoms with Crippen molar-refractivity contribution in [2.24, 2.45) is 4.99 Å². The highest BCUT2D eigenvalue weighted by molar-refractivity contribution is 14.0. The third-order valence-electron chi connectivity index (χ3n) is 4.76. The van der Waals surface area contributed by atoms with Crippen molar-refractivity contribution in [3.05, 3.63) is 0 Å². The molecule has 1 aliphatic rings. The van der Waals surface area contributed by atoms with Crippen LogP contribution in [-0.2, 0) is 0 Å². The molecule has 0 spiro atoms. The number of rotatable bonds is 10. The molecular weight excluding hydrogens is 413 g/mol. The largest absolute Gasteiger partial charge is 0.356 e. The molecule has 144 valence electrons. The molecule has 0 amide bonds. The Morgan fingerprint density at radius 3 is 2.58 bits per heavy atom. The van der Waals surface area contributed by atoms with Crippen LogP contribution >= 0.6 is 24.0 Å². The Labute approximate surface area is 167 Å². The minimum Gasteiger partial charge on any atom is -0.356 e. The zero-order valence-corrected chi connectivity index (χ0v) is 18.6. The normalized spacial score (nSPS) is 19.2. The highest BCUT2D eigenvalue weighted by atomic mass is 127. The molecule has 0 aromatic heterocycles. The van der Waals surface area contributed by atoms with Gasteiger partial charge in [-0.25, -0.2) is 0 Å². The van der Waals surface area contributed by atoms with Crippen molar-refractivity contribution >= 4 is 29.9 Å². The summed E-state index contributed by atoms with van der Waals surface area (Å²) in [4.78, 5) is 9.31. The van der Waals surface area contributed by atoms with Gasteiger partial charge in [-0.2, -0.15) is 0 Å². The Bertz CT molecular complexity index is 325. The molecule has 1 aliphatic heterocycles. The lowest BCUT2D eigenvalue weighted by Gasteiger charge is -2.33. The maximum atomic E-state index is 4.31. The van der Waals surface area contributed by atoms with Crippen LogP contribution in [0.4, 0.5) is 0 Å². The molecule has 0 aromatic carbocycles. The van der Waals surface area contributed by atoms with Crippen LogP contribution in [0.5, 0.6) is 0 Å². The van der Waals surface area contributed by atoms with Gasteiger partial charge in [-0.3, -0.25) is 4.99 Å². The molecule has 0 aliphatic carbocycles. The molecule has 1 rings (SSSR count). The Kier molecular flexibility index (Phi) is 15.1. The van der Waals surface area contributed by atoms with Crippen molar-refractivity contribution in [3.63, 3.8) is 0 Å². The first-order valence-electron chi connectivity index (χ1n) is 9.54. The highest BCUT2D eigenvalue weighted by Crippen LogP contribution is 2.15. The van der Waals surface area contributed by atoms with E-state index in [4.69, 9.17) is 0 Å². The molecule has 1 heterocycles. The van der Waals surface area contributed by atoms with E-state index in [1.54, 1.807) is 0 Å². The first kappa shape index (κ1) is 23.9. The lowest BCUT2D eigenvalue weighted by molar-refractivity contribution is 0.159. The summed E-state index contributed by atoms with van der Waals surface area (Å²) in [7, 11) is 4.04. The quantitative estimate of drug-likeness (QED) is 0.231. The summed E-state index contributed by atoms with van der Waals surface area (Å²) < 4.78 is 0. The number of unbranched alkanes of at least 4 members (excludes halogenated alkanes) is 1. The molecule has 2 N–H and O–H groups in total. The average Bonchev–Trinajstić information content (AvgIpc) is 2.56. The Balaban J connectivity index is 0.00000529. The van der Waals surface area contributed by atoms with Gasteiger partial charge in [-0.1, -0.05) is 19.8 Å². The van der Waals surface area contributed by atoms with Gasteiger partial charge < -0.3 is 20.4 Å². The van der Waals surface area contributed by atoms with E-state index in [0.717, 1.165) is 31.6 Å². The first-order valence-corrected chi connectivity index (χ1v) is 9.54. The Morgan fingerprint density at radius 1 is 1.17 bits per heavy atom. The van der Waals surface area contributed by atoms with E-state index in [9.17, 15) is 0 Å². The maximum Gasteiger partial charge on any atom is 0.191 e. The monoisotopic (exact) mass is 453 g/mol. The highest BCUT2D eigenvalue weighted by Gasteiger charge is 2.17. The van der Waals surface area contributed by atoms with Crippen LogP contribution in [0.3, 0.4) is 0 Å². The van der Waals surface area contributed by atoms with Crippen LogP contribution < -0.4 is 10.6 Å². The molecule has 0 bridgehead atoms. The molecule has 5 nitrogen and oxygen atoms in total. The van der Waals surface area contributed by atoms with Gasteiger partial charge in [0.2, 0.25) is 0 Å². The van der Waals surface area contributed by atoms with E-state index in [1.807, 2.05) is 7.05 Å². The van der Waals surface area contributed by atoms with Gasteiger partial charge in [0, 0.05) is 39.3 Å². The molecule has 24 heavy (non-hydrogen) atoms. The predicted octanol–water partition coefficient (Wildman–Crippen LogP) is 2.77. The van der Waals surface area contributed by atoms with Crippen LogP contribution in [0, 0.1) is 0 Å². The smallest absolute Gasteiger partial charge is 0.191 e. The van der Waals surface area contributed by atoms with Gasteiger partial charge in [0.1, 0.15) is 0 Å². The van der Waals surface area contributed by atoms with Crippen molar-refractivity contribution in [2.75, 3.05) is 53.4 Å². The van der Waals surface area contributed by atoms with Crippen LogP contribution in [0.2, 0.25) is 0 Å². The SMILES string of the molecule is CCCCN(C)CCNC(=NC)NCCCN1CCCCC1C.I. The first-order chi connectivity index (χ1) is 11.2. The average molecular weight is 453 g/mol. The number of likely N-dealkylation sites (N-methyl/N-ethyl adjacent to an activating group) is 1. The maximum absolute atomic E-state index is 4.31. The summed E-state index contributed by atoms with van der Waals surface area (Å²) in [6.07, 6.45) is 7.85. The number of halogens is 1. The van der Waals surface area contributed by atoms with Crippen molar-refractivity contribution < 1.29 is 0 Å². The molecule has 1 saturated heterocycles. The third-order valence-corrected chi connectivity index (χ3v) is 4.76. The second-order valence-electron chi connectivity index (χ2n) is 6.82. The van der Waals surface area contributed by atoms with E-state index >= 15 is 0 Å². The number of piperidine rings is 1. The molecular formula is C18H40IN5. The summed E-state index contributed by atoms with van der Waals surface area (Å²) >= 11 is 0. The molecule has 0 radical (unpaired) electrons. The van der Waals surface area contributed by atoms with Crippen LogP contribution in [-0.4, -0.2) is 75.2 Å². The second kappa shape index (κ2) is 15.2. The minimum absolute atomic E-state index is 0. The lowest BCUT2D eigenvalue weighted by atomic mass is 10.0. The Morgan fingerprint density at radius 2 is 1.92 bits per heavy atom. The second-order valence-corrected chi connectivity index (χ2v) is 6.82. The van der Waals surface area contributed by atoms with Crippen molar-refractivity contribution in [3.8, 4) is 0 Å². The van der Waals surface area contributed by atoms with E-state index in [-0.39, 0.29) is 24.0 Å². The number of guanidine groups is 1. The van der Waals surface area contributed by atoms with Crippen molar-refractivity contribution in [1.29, 1.82) is 0 Å². The van der Waals surface area contributed by atoms with E-state index in [0.29, 0.717) is 0 Å². The fourth-order valence-electron chi connectivity index (χ4n) is 3.10. The number of aliphatic imine (C=N–C) groups is 1. The van der Waals surface area contributed by atoms with Gasteiger partial charge >= 0.3 is 0 Å². The zero-order valence-electron chi connectivity index (χ0n) is 16.3.